The number of benzene rings is 1. The van der Waals surface area contributed by atoms with Crippen molar-refractivity contribution < 1.29 is 14.5 Å². The average molecular weight is 266 g/mol. The quantitative estimate of drug-likeness (QED) is 0.327. The number of carbonyl (C=O) groups is 1. The molecule has 0 unspecified atom stereocenters. The summed E-state index contributed by atoms with van der Waals surface area (Å²) in [6.45, 7) is 2.69. The number of ketones is 1. The van der Waals surface area contributed by atoms with Gasteiger partial charge < -0.3 is 9.64 Å². The fourth-order valence-electron chi connectivity index (χ4n) is 1.78. The summed E-state index contributed by atoms with van der Waals surface area (Å²) in [7, 11) is 3.48. The highest BCUT2D eigenvalue weighted by Gasteiger charge is 2.18. The largest absolute Gasteiger partial charge is 0.385 e. The van der Waals surface area contributed by atoms with Gasteiger partial charge in [-0.3, -0.25) is 14.9 Å². The summed E-state index contributed by atoms with van der Waals surface area (Å²) in [6.07, 6.45) is 0.829. The van der Waals surface area contributed by atoms with Crippen molar-refractivity contribution in [3.63, 3.8) is 0 Å². The number of anilines is 1. The van der Waals surface area contributed by atoms with E-state index in [0.29, 0.717) is 12.3 Å². The third kappa shape index (κ3) is 4.03. The monoisotopic (exact) mass is 266 g/mol. The summed E-state index contributed by atoms with van der Waals surface area (Å²) in [5.74, 6) is -0.305. The highest BCUT2D eigenvalue weighted by molar-refractivity contribution is 5.98. The molecule has 0 saturated carbocycles. The lowest BCUT2D eigenvalue weighted by molar-refractivity contribution is -0.385. The standard InChI is InChI=1S/C13H18N2O4/c1-10(16)12-6-5-11(9-13(12)15(17)18)14(2)7-4-8-19-3/h5-6,9H,4,7-8H2,1-3H3. The topological polar surface area (TPSA) is 72.7 Å². The van der Waals surface area contributed by atoms with Gasteiger partial charge in [0.15, 0.2) is 5.78 Å². The molecule has 0 aromatic heterocycles. The predicted molar refractivity (Wildman–Crippen MR) is 72.9 cm³/mol. The number of hydrogen-bond donors (Lipinski definition) is 0. The van der Waals surface area contributed by atoms with Gasteiger partial charge in [0.05, 0.1) is 10.5 Å². The molecular weight excluding hydrogens is 248 g/mol. The molecule has 6 heteroatoms. The second-order valence-corrected chi connectivity index (χ2v) is 4.28. The van der Waals surface area contributed by atoms with Crippen LogP contribution in [0.4, 0.5) is 11.4 Å². The van der Waals surface area contributed by atoms with E-state index >= 15 is 0 Å². The molecule has 0 N–H and O–H groups in total. The highest BCUT2D eigenvalue weighted by Crippen LogP contribution is 2.25. The number of carbonyl (C=O) groups excluding carboxylic acids is 1. The van der Waals surface area contributed by atoms with Gasteiger partial charge in [-0.25, -0.2) is 0 Å². The van der Waals surface area contributed by atoms with Gasteiger partial charge in [-0.1, -0.05) is 0 Å². The molecule has 104 valence electrons. The van der Waals surface area contributed by atoms with Gasteiger partial charge in [0, 0.05) is 39.1 Å². The molecule has 0 amide bonds. The number of nitro benzene ring substituents is 1. The third-order valence-electron chi connectivity index (χ3n) is 2.84. The van der Waals surface area contributed by atoms with Crippen LogP contribution in [0, 0.1) is 10.1 Å². The molecule has 0 atom stereocenters. The van der Waals surface area contributed by atoms with Crippen LogP contribution in [0.5, 0.6) is 0 Å². The fourth-order valence-corrected chi connectivity index (χ4v) is 1.78. The summed E-state index contributed by atoms with van der Waals surface area (Å²) in [6, 6.07) is 4.66. The Morgan fingerprint density at radius 1 is 1.47 bits per heavy atom. The molecule has 1 aromatic carbocycles. The second kappa shape index (κ2) is 6.84. The van der Waals surface area contributed by atoms with Crippen LogP contribution in [0.3, 0.4) is 0 Å². The molecule has 0 bridgehead atoms. The van der Waals surface area contributed by atoms with Crippen LogP contribution in [0.1, 0.15) is 23.7 Å². The van der Waals surface area contributed by atoms with E-state index in [1.54, 1.807) is 13.2 Å². The third-order valence-corrected chi connectivity index (χ3v) is 2.84. The zero-order valence-corrected chi connectivity index (χ0v) is 11.4. The molecule has 19 heavy (non-hydrogen) atoms. The van der Waals surface area contributed by atoms with Crippen LogP contribution >= 0.6 is 0 Å². The molecule has 0 heterocycles. The maximum absolute atomic E-state index is 11.3. The molecule has 6 nitrogen and oxygen atoms in total. The number of rotatable bonds is 7. The first-order valence-corrected chi connectivity index (χ1v) is 5.96. The van der Waals surface area contributed by atoms with E-state index in [9.17, 15) is 14.9 Å². The van der Waals surface area contributed by atoms with Crippen molar-refractivity contribution >= 4 is 17.2 Å². The van der Waals surface area contributed by atoms with Crippen molar-refractivity contribution in [3.05, 3.63) is 33.9 Å². The first-order chi connectivity index (χ1) is 8.97. The summed E-state index contributed by atoms with van der Waals surface area (Å²) in [4.78, 5) is 23.7. The first kappa shape index (κ1) is 15.1. The minimum Gasteiger partial charge on any atom is -0.385 e. The number of nitro groups is 1. The maximum atomic E-state index is 11.3. The van der Waals surface area contributed by atoms with Gasteiger partial charge in [-0.05, 0) is 25.5 Å². The predicted octanol–water partition coefficient (Wildman–Crippen LogP) is 2.27. The SMILES string of the molecule is COCCCN(C)c1ccc(C(C)=O)c([N+](=O)[O-])c1. The lowest BCUT2D eigenvalue weighted by Crippen LogP contribution is -2.20. The van der Waals surface area contributed by atoms with Crippen LogP contribution < -0.4 is 4.90 Å². The van der Waals surface area contributed by atoms with Crippen molar-refractivity contribution in [1.82, 2.24) is 0 Å². The molecule has 0 saturated heterocycles. The molecule has 0 spiro atoms. The Labute approximate surface area is 112 Å². The second-order valence-electron chi connectivity index (χ2n) is 4.28. The number of ether oxygens (including phenoxy) is 1. The normalized spacial score (nSPS) is 10.3. The van der Waals surface area contributed by atoms with Crippen LogP contribution in [-0.4, -0.2) is 38.0 Å². The maximum Gasteiger partial charge on any atom is 0.282 e. The van der Waals surface area contributed by atoms with Crippen LogP contribution in [0.25, 0.3) is 0 Å². The van der Waals surface area contributed by atoms with E-state index in [-0.39, 0.29) is 17.0 Å². The summed E-state index contributed by atoms with van der Waals surface area (Å²) < 4.78 is 4.96. The smallest absolute Gasteiger partial charge is 0.282 e. The Kier molecular flexibility index (Phi) is 5.44. The summed E-state index contributed by atoms with van der Waals surface area (Å²) in [5, 5.41) is 11.0. The molecule has 1 rings (SSSR count). The average Bonchev–Trinajstić information content (AvgIpc) is 2.38. The minimum atomic E-state index is -0.525. The van der Waals surface area contributed by atoms with Gasteiger partial charge in [0.2, 0.25) is 0 Å². The van der Waals surface area contributed by atoms with Gasteiger partial charge in [-0.15, -0.1) is 0 Å². The van der Waals surface area contributed by atoms with Crippen molar-refractivity contribution in [2.24, 2.45) is 0 Å². The molecule has 0 radical (unpaired) electrons. The van der Waals surface area contributed by atoms with E-state index < -0.39 is 4.92 Å². The Bertz CT molecular complexity index is 474. The molecule has 1 aromatic rings. The Morgan fingerprint density at radius 3 is 2.68 bits per heavy atom. The zero-order valence-electron chi connectivity index (χ0n) is 11.4. The van der Waals surface area contributed by atoms with Crippen LogP contribution in [0.2, 0.25) is 0 Å². The van der Waals surface area contributed by atoms with E-state index in [2.05, 4.69) is 0 Å². The fraction of sp³-hybridized carbons (Fsp3) is 0.462. The minimum absolute atomic E-state index is 0.138. The lowest BCUT2D eigenvalue weighted by Gasteiger charge is -2.19. The molecule has 0 aliphatic heterocycles. The van der Waals surface area contributed by atoms with Crippen molar-refractivity contribution in [1.29, 1.82) is 0 Å². The number of hydrogen-bond acceptors (Lipinski definition) is 5. The van der Waals surface area contributed by atoms with Gasteiger partial charge >= 0.3 is 0 Å². The highest BCUT2D eigenvalue weighted by atomic mass is 16.6. The Morgan fingerprint density at radius 2 is 2.16 bits per heavy atom. The molecule has 0 aliphatic carbocycles. The summed E-state index contributed by atoms with van der Waals surface area (Å²) in [5.41, 5.74) is 0.704. The van der Waals surface area contributed by atoms with Gasteiger partial charge in [-0.2, -0.15) is 0 Å². The number of methoxy groups -OCH3 is 1. The van der Waals surface area contributed by atoms with Gasteiger partial charge in [0.1, 0.15) is 0 Å². The first-order valence-electron chi connectivity index (χ1n) is 5.96. The van der Waals surface area contributed by atoms with E-state index in [1.165, 1.54) is 19.1 Å². The lowest BCUT2D eigenvalue weighted by atomic mass is 10.1. The van der Waals surface area contributed by atoms with E-state index in [1.807, 2.05) is 11.9 Å². The van der Waals surface area contributed by atoms with E-state index in [4.69, 9.17) is 4.74 Å². The number of Topliss-reactive ketones (excluding diaryl/α,β-unsaturated/α-hetero) is 1. The zero-order chi connectivity index (χ0) is 14.4. The van der Waals surface area contributed by atoms with Crippen molar-refractivity contribution in [3.8, 4) is 0 Å². The summed E-state index contributed by atoms with van der Waals surface area (Å²) >= 11 is 0. The van der Waals surface area contributed by atoms with Gasteiger partial charge in [0.25, 0.3) is 5.69 Å². The molecule has 0 aliphatic rings. The molecule has 0 fully saturated rings. The van der Waals surface area contributed by atoms with Crippen molar-refractivity contribution in [2.45, 2.75) is 13.3 Å². The van der Waals surface area contributed by atoms with Crippen molar-refractivity contribution in [2.75, 3.05) is 32.2 Å². The van der Waals surface area contributed by atoms with E-state index in [0.717, 1.165) is 13.0 Å². The Balaban J connectivity index is 2.95. The van der Waals surface area contributed by atoms with Crippen LogP contribution in [-0.2, 0) is 4.74 Å². The van der Waals surface area contributed by atoms with Crippen LogP contribution in [0.15, 0.2) is 18.2 Å². The number of nitrogens with zero attached hydrogens (tertiary/aromatic N) is 2. The Hall–Kier alpha value is -1.95. The molecular formula is C13H18N2O4.